The molecule has 0 bridgehead atoms. The molecule has 0 saturated carbocycles. The quantitative estimate of drug-likeness (QED) is 0.572. The summed E-state index contributed by atoms with van der Waals surface area (Å²) in [5.74, 6) is -1.32. The summed E-state index contributed by atoms with van der Waals surface area (Å²) < 4.78 is 4.67. The van der Waals surface area contributed by atoms with Gasteiger partial charge in [-0.05, 0) is 42.3 Å². The zero-order valence-electron chi connectivity index (χ0n) is 15.6. The highest BCUT2D eigenvalue weighted by atomic mass is 35.5. The highest BCUT2D eigenvalue weighted by Gasteiger charge is 2.22. The Morgan fingerprint density at radius 3 is 2.72 bits per heavy atom. The number of ether oxygens (including phenoxy) is 1. The third-order valence-electron chi connectivity index (χ3n) is 3.94. The van der Waals surface area contributed by atoms with E-state index in [0.717, 1.165) is 16.8 Å². The van der Waals surface area contributed by atoms with Gasteiger partial charge in [-0.15, -0.1) is 0 Å². The Morgan fingerprint density at radius 1 is 1.24 bits per heavy atom. The molecule has 1 N–H and O–H groups in total. The summed E-state index contributed by atoms with van der Waals surface area (Å²) in [5, 5.41) is 8.81. The maximum atomic E-state index is 12.3. The summed E-state index contributed by atoms with van der Waals surface area (Å²) in [6.07, 6.45) is 0. The van der Waals surface area contributed by atoms with Gasteiger partial charge in [-0.3, -0.25) is 9.59 Å². The minimum atomic E-state index is -0.947. The van der Waals surface area contributed by atoms with Crippen LogP contribution in [0.3, 0.4) is 0 Å². The van der Waals surface area contributed by atoms with Crippen LogP contribution < -0.4 is 5.32 Å². The van der Waals surface area contributed by atoms with Gasteiger partial charge in [0.05, 0.1) is 18.9 Å². The molecule has 0 radical (unpaired) electrons. The van der Waals surface area contributed by atoms with Crippen molar-refractivity contribution in [2.45, 2.75) is 13.5 Å². The molecule has 2 aromatic carbocycles. The molecule has 3 rings (SSSR count). The van der Waals surface area contributed by atoms with Gasteiger partial charge in [-0.1, -0.05) is 47.6 Å². The van der Waals surface area contributed by atoms with E-state index in [4.69, 9.17) is 11.6 Å². The molecule has 9 heteroatoms. The minimum absolute atomic E-state index is 0.120. The van der Waals surface area contributed by atoms with Gasteiger partial charge in [-0.25, -0.2) is 9.80 Å². The van der Waals surface area contributed by atoms with Crippen molar-refractivity contribution < 1.29 is 19.1 Å². The van der Waals surface area contributed by atoms with E-state index in [1.807, 2.05) is 18.2 Å². The largest absolute Gasteiger partial charge is 0.459 e. The van der Waals surface area contributed by atoms with Gasteiger partial charge in [0.1, 0.15) is 0 Å². The van der Waals surface area contributed by atoms with Gasteiger partial charge < -0.3 is 10.1 Å². The lowest BCUT2D eigenvalue weighted by atomic mass is 10.1. The number of hydrogen-bond donors (Lipinski definition) is 1. The van der Waals surface area contributed by atoms with E-state index in [-0.39, 0.29) is 18.4 Å². The number of nitrogens with one attached hydrogen (secondary N) is 1. The number of benzene rings is 2. The number of halogens is 1. The first-order valence-electron chi connectivity index (χ1n) is 8.81. The van der Waals surface area contributed by atoms with Gasteiger partial charge >= 0.3 is 17.1 Å². The first-order chi connectivity index (χ1) is 14.0. The van der Waals surface area contributed by atoms with E-state index in [1.165, 1.54) is 16.8 Å². The monoisotopic (exact) mass is 431 g/mol. The standard InChI is InChI=1S/C20H18ClN3O4S/c1-2-28-19(26)18(25)22-16-5-3-4-13(10-16)11-24-20(27)29-12-17(23-24)14-6-8-15(21)9-7-14/h3-10H,2,11-12H2,1H3,(H,22,25). The lowest BCUT2D eigenvalue weighted by molar-refractivity contribution is -0.152. The van der Waals surface area contributed by atoms with Crippen LogP contribution in [0.15, 0.2) is 53.6 Å². The molecule has 2 amide bonds. The Labute approximate surface area is 177 Å². The molecule has 1 aliphatic rings. The Morgan fingerprint density at radius 2 is 2.00 bits per heavy atom. The van der Waals surface area contributed by atoms with Crippen LogP contribution in [0.2, 0.25) is 5.02 Å². The van der Waals surface area contributed by atoms with Crippen molar-refractivity contribution >= 4 is 51.9 Å². The van der Waals surface area contributed by atoms with Crippen LogP contribution in [0, 0.1) is 0 Å². The molecule has 29 heavy (non-hydrogen) atoms. The van der Waals surface area contributed by atoms with Crippen LogP contribution in [-0.4, -0.2) is 40.2 Å². The summed E-state index contributed by atoms with van der Waals surface area (Å²) in [5.41, 5.74) is 2.86. The summed E-state index contributed by atoms with van der Waals surface area (Å²) >= 11 is 7.10. The molecule has 1 aliphatic heterocycles. The second kappa shape index (κ2) is 9.58. The van der Waals surface area contributed by atoms with Crippen molar-refractivity contribution in [3.05, 3.63) is 64.7 Å². The lowest BCUT2D eigenvalue weighted by Gasteiger charge is -2.23. The number of amides is 2. The normalized spacial score (nSPS) is 13.7. The Bertz CT molecular complexity index is 962. The topological polar surface area (TPSA) is 88.1 Å². The summed E-state index contributed by atoms with van der Waals surface area (Å²) in [6.45, 7) is 1.97. The van der Waals surface area contributed by atoms with E-state index in [1.54, 1.807) is 37.3 Å². The van der Waals surface area contributed by atoms with E-state index in [0.29, 0.717) is 16.5 Å². The van der Waals surface area contributed by atoms with Gasteiger partial charge in [0.2, 0.25) is 0 Å². The van der Waals surface area contributed by atoms with Crippen molar-refractivity contribution in [3.8, 4) is 0 Å². The number of carbonyl (C=O) groups is 3. The van der Waals surface area contributed by atoms with Crippen LogP contribution in [0.4, 0.5) is 10.5 Å². The molecule has 0 aliphatic carbocycles. The van der Waals surface area contributed by atoms with Gasteiger partial charge in [0.15, 0.2) is 0 Å². The van der Waals surface area contributed by atoms with Crippen molar-refractivity contribution in [3.63, 3.8) is 0 Å². The predicted octanol–water partition coefficient (Wildman–Crippen LogP) is 3.91. The van der Waals surface area contributed by atoms with E-state index < -0.39 is 11.9 Å². The highest BCUT2D eigenvalue weighted by molar-refractivity contribution is 8.14. The molecule has 0 fully saturated rings. The number of carbonyl (C=O) groups excluding carboxylic acids is 3. The number of nitrogens with zero attached hydrogens (tertiary/aromatic N) is 2. The molecule has 0 saturated heterocycles. The van der Waals surface area contributed by atoms with Crippen LogP contribution in [0.1, 0.15) is 18.1 Å². The first kappa shape index (κ1) is 20.9. The maximum absolute atomic E-state index is 12.3. The fourth-order valence-corrected chi connectivity index (χ4v) is 3.47. The SMILES string of the molecule is CCOC(=O)C(=O)Nc1cccc(CN2N=C(c3ccc(Cl)cc3)CSC2=O)c1. The molecular weight excluding hydrogens is 414 g/mol. The number of anilines is 1. The molecule has 0 atom stereocenters. The fraction of sp³-hybridized carbons (Fsp3) is 0.200. The zero-order valence-corrected chi connectivity index (χ0v) is 17.1. The average Bonchev–Trinajstić information content (AvgIpc) is 2.71. The molecule has 7 nitrogen and oxygen atoms in total. The van der Waals surface area contributed by atoms with Crippen molar-refractivity contribution in [2.75, 3.05) is 17.7 Å². The maximum Gasteiger partial charge on any atom is 0.397 e. The Hall–Kier alpha value is -2.84. The van der Waals surface area contributed by atoms with Crippen LogP contribution in [-0.2, 0) is 20.9 Å². The molecule has 0 unspecified atom stereocenters. The van der Waals surface area contributed by atoms with E-state index >= 15 is 0 Å². The third-order valence-corrected chi connectivity index (χ3v) is 5.07. The molecule has 0 spiro atoms. The van der Waals surface area contributed by atoms with Gasteiger partial charge in [0.25, 0.3) is 0 Å². The Kier molecular flexibility index (Phi) is 6.90. The summed E-state index contributed by atoms with van der Waals surface area (Å²) in [7, 11) is 0. The number of rotatable bonds is 5. The molecule has 1 heterocycles. The fourth-order valence-electron chi connectivity index (χ4n) is 2.60. The predicted molar refractivity (Wildman–Crippen MR) is 113 cm³/mol. The van der Waals surface area contributed by atoms with E-state index in [2.05, 4.69) is 15.2 Å². The number of thioether (sulfide) groups is 1. The lowest BCUT2D eigenvalue weighted by Crippen LogP contribution is -2.29. The van der Waals surface area contributed by atoms with Crippen LogP contribution >= 0.6 is 23.4 Å². The minimum Gasteiger partial charge on any atom is -0.459 e. The van der Waals surface area contributed by atoms with Gasteiger partial charge in [0, 0.05) is 16.5 Å². The average molecular weight is 432 g/mol. The first-order valence-corrected chi connectivity index (χ1v) is 10.2. The highest BCUT2D eigenvalue weighted by Crippen LogP contribution is 2.23. The van der Waals surface area contributed by atoms with E-state index in [9.17, 15) is 14.4 Å². The molecule has 0 aromatic heterocycles. The molecular formula is C20H18ClN3O4S. The Balaban J connectivity index is 1.73. The number of hydrazone groups is 1. The number of esters is 1. The van der Waals surface area contributed by atoms with Crippen molar-refractivity contribution in [1.29, 1.82) is 0 Å². The third kappa shape index (κ3) is 5.58. The second-order valence-corrected chi connectivity index (χ2v) is 7.40. The summed E-state index contributed by atoms with van der Waals surface area (Å²) in [6, 6.07) is 14.1. The second-order valence-electron chi connectivity index (χ2n) is 6.04. The van der Waals surface area contributed by atoms with Gasteiger partial charge in [-0.2, -0.15) is 5.10 Å². The summed E-state index contributed by atoms with van der Waals surface area (Å²) in [4.78, 5) is 35.5. The number of hydrogen-bond acceptors (Lipinski definition) is 6. The van der Waals surface area contributed by atoms with Crippen molar-refractivity contribution in [1.82, 2.24) is 5.01 Å². The van der Waals surface area contributed by atoms with Crippen LogP contribution in [0.5, 0.6) is 0 Å². The molecule has 2 aromatic rings. The smallest absolute Gasteiger partial charge is 0.397 e. The zero-order chi connectivity index (χ0) is 20.8. The van der Waals surface area contributed by atoms with Crippen LogP contribution in [0.25, 0.3) is 0 Å². The molecule has 150 valence electrons. The van der Waals surface area contributed by atoms with Crippen molar-refractivity contribution in [2.24, 2.45) is 5.10 Å².